The second-order valence-corrected chi connectivity index (χ2v) is 6.57. The third-order valence-electron chi connectivity index (χ3n) is 4.40. The van der Waals surface area contributed by atoms with E-state index in [1.807, 2.05) is 30.3 Å². The molecule has 0 atom stereocenters. The first-order valence-electron chi connectivity index (χ1n) is 9.59. The van der Waals surface area contributed by atoms with Gasteiger partial charge in [-0.1, -0.05) is 42.5 Å². The van der Waals surface area contributed by atoms with Gasteiger partial charge >= 0.3 is 6.09 Å². The number of methoxy groups -OCH3 is 1. The first-order valence-corrected chi connectivity index (χ1v) is 9.59. The lowest BCUT2D eigenvalue weighted by Gasteiger charge is -2.11. The highest BCUT2D eigenvalue weighted by Gasteiger charge is 2.15. The number of benzene rings is 3. The first-order chi connectivity index (χ1) is 15.1. The summed E-state index contributed by atoms with van der Waals surface area (Å²) in [6.07, 6.45) is -0.707. The molecule has 2 N–H and O–H groups in total. The molecule has 3 aromatic rings. The lowest BCUT2D eigenvalue weighted by molar-refractivity contribution is -0.115. The number of para-hydroxylation sites is 1. The van der Waals surface area contributed by atoms with Crippen LogP contribution in [0.5, 0.6) is 5.75 Å². The van der Waals surface area contributed by atoms with E-state index in [1.165, 1.54) is 0 Å². The molecule has 2 amide bonds. The molecule has 0 aliphatic carbocycles. The molecule has 0 bridgehead atoms. The zero-order valence-corrected chi connectivity index (χ0v) is 17.0. The summed E-state index contributed by atoms with van der Waals surface area (Å²) in [5.41, 5.74) is 2.00. The van der Waals surface area contributed by atoms with E-state index in [2.05, 4.69) is 10.6 Å². The molecule has 0 aliphatic rings. The van der Waals surface area contributed by atoms with Crippen molar-refractivity contribution >= 4 is 23.5 Å². The van der Waals surface area contributed by atoms with Gasteiger partial charge in [0.15, 0.2) is 5.78 Å². The average molecular weight is 418 g/mol. The minimum absolute atomic E-state index is 0.105. The smallest absolute Gasteiger partial charge is 0.407 e. The van der Waals surface area contributed by atoms with Crippen molar-refractivity contribution in [3.63, 3.8) is 0 Å². The molecule has 0 heterocycles. The largest absolute Gasteiger partial charge is 0.497 e. The minimum atomic E-state index is -0.707. The summed E-state index contributed by atoms with van der Waals surface area (Å²) in [5, 5.41) is 5.05. The van der Waals surface area contributed by atoms with Gasteiger partial charge in [0, 0.05) is 11.1 Å². The predicted octanol–water partition coefficient (Wildman–Crippen LogP) is 3.79. The maximum atomic E-state index is 12.9. The van der Waals surface area contributed by atoms with E-state index in [1.54, 1.807) is 55.6 Å². The van der Waals surface area contributed by atoms with Gasteiger partial charge < -0.3 is 20.1 Å². The zero-order chi connectivity index (χ0) is 22.1. The van der Waals surface area contributed by atoms with Crippen molar-refractivity contribution in [1.29, 1.82) is 0 Å². The van der Waals surface area contributed by atoms with Crippen LogP contribution in [0.3, 0.4) is 0 Å². The molecule has 0 aliphatic heterocycles. The summed E-state index contributed by atoms with van der Waals surface area (Å²) < 4.78 is 10.2. The maximum Gasteiger partial charge on any atom is 0.407 e. The van der Waals surface area contributed by atoms with E-state index in [0.717, 1.165) is 5.56 Å². The quantitative estimate of drug-likeness (QED) is 0.543. The number of hydrogen-bond donors (Lipinski definition) is 2. The summed E-state index contributed by atoms with van der Waals surface area (Å²) in [5.74, 6) is -0.0798. The molecule has 0 fully saturated rings. The lowest BCUT2D eigenvalue weighted by atomic mass is 10.0. The number of alkyl carbamates (subject to hydrolysis) is 1. The summed E-state index contributed by atoms with van der Waals surface area (Å²) >= 11 is 0. The van der Waals surface area contributed by atoms with Crippen LogP contribution in [-0.4, -0.2) is 31.4 Å². The number of nitrogens with one attached hydrogen (secondary N) is 2. The summed E-state index contributed by atoms with van der Waals surface area (Å²) in [7, 11) is 1.55. The van der Waals surface area contributed by atoms with Crippen LogP contribution in [0, 0.1) is 0 Å². The Morgan fingerprint density at radius 1 is 0.839 bits per heavy atom. The van der Waals surface area contributed by atoms with Gasteiger partial charge in [-0.05, 0) is 42.0 Å². The second-order valence-electron chi connectivity index (χ2n) is 6.57. The van der Waals surface area contributed by atoms with Gasteiger partial charge in [-0.3, -0.25) is 9.59 Å². The molecule has 0 aromatic heterocycles. The summed E-state index contributed by atoms with van der Waals surface area (Å²) in [6, 6.07) is 22.6. The number of hydrogen-bond acceptors (Lipinski definition) is 5. The Hall–Kier alpha value is -4.13. The van der Waals surface area contributed by atoms with Crippen LogP contribution in [0.2, 0.25) is 0 Å². The highest BCUT2D eigenvalue weighted by atomic mass is 16.5. The molecule has 158 valence electrons. The molecule has 3 aromatic carbocycles. The number of anilines is 1. The van der Waals surface area contributed by atoms with E-state index >= 15 is 0 Å². The Balaban J connectivity index is 1.56. The average Bonchev–Trinajstić information content (AvgIpc) is 2.82. The number of carbonyl (C=O) groups is 3. The third-order valence-corrected chi connectivity index (χ3v) is 4.40. The molecule has 0 saturated heterocycles. The van der Waals surface area contributed by atoms with Crippen LogP contribution in [0.1, 0.15) is 21.5 Å². The van der Waals surface area contributed by atoms with Crippen molar-refractivity contribution in [3.8, 4) is 5.75 Å². The Labute approximate surface area is 180 Å². The maximum absolute atomic E-state index is 12.9. The molecular formula is C24H22N2O5. The number of carbonyl (C=O) groups excluding carboxylic acids is 3. The Morgan fingerprint density at radius 2 is 1.52 bits per heavy atom. The van der Waals surface area contributed by atoms with Crippen molar-refractivity contribution in [3.05, 3.63) is 95.6 Å². The second kappa shape index (κ2) is 10.6. The standard InChI is InChI=1S/C24H22N2O5/c1-30-19-13-11-18(12-14-19)23(28)20-9-5-6-10-21(20)26-22(27)15-25-24(29)31-16-17-7-3-2-4-8-17/h2-14H,15-16H2,1H3,(H,25,29)(H,26,27). The number of rotatable bonds is 8. The molecular weight excluding hydrogens is 396 g/mol. The van der Waals surface area contributed by atoms with Gasteiger partial charge in [0.05, 0.1) is 12.8 Å². The van der Waals surface area contributed by atoms with E-state index in [4.69, 9.17) is 9.47 Å². The SMILES string of the molecule is COc1ccc(C(=O)c2ccccc2NC(=O)CNC(=O)OCc2ccccc2)cc1. The van der Waals surface area contributed by atoms with Gasteiger partial charge in [0.1, 0.15) is 18.9 Å². The van der Waals surface area contributed by atoms with Crippen molar-refractivity contribution in [2.45, 2.75) is 6.61 Å². The van der Waals surface area contributed by atoms with Gasteiger partial charge in [-0.15, -0.1) is 0 Å². The highest BCUT2D eigenvalue weighted by Crippen LogP contribution is 2.21. The fraction of sp³-hybridized carbons (Fsp3) is 0.125. The van der Waals surface area contributed by atoms with Gasteiger partial charge in [0.25, 0.3) is 0 Å². The molecule has 7 nitrogen and oxygen atoms in total. The molecule has 0 spiro atoms. The summed E-state index contributed by atoms with van der Waals surface area (Å²) in [6.45, 7) is -0.188. The molecule has 3 rings (SSSR count). The van der Waals surface area contributed by atoms with Crippen LogP contribution in [-0.2, 0) is 16.1 Å². The van der Waals surface area contributed by atoms with Crippen LogP contribution in [0.15, 0.2) is 78.9 Å². The topological polar surface area (TPSA) is 93.7 Å². The Morgan fingerprint density at radius 3 is 2.23 bits per heavy atom. The molecule has 0 unspecified atom stereocenters. The molecule has 7 heteroatoms. The number of ketones is 1. The summed E-state index contributed by atoms with van der Waals surface area (Å²) in [4.78, 5) is 36.9. The van der Waals surface area contributed by atoms with Crippen LogP contribution in [0.25, 0.3) is 0 Å². The predicted molar refractivity (Wildman–Crippen MR) is 116 cm³/mol. The Kier molecular flexibility index (Phi) is 7.37. The van der Waals surface area contributed by atoms with Gasteiger partial charge in [-0.2, -0.15) is 0 Å². The van der Waals surface area contributed by atoms with Crippen molar-refractivity contribution in [2.24, 2.45) is 0 Å². The van der Waals surface area contributed by atoms with Crippen molar-refractivity contribution < 1.29 is 23.9 Å². The highest BCUT2D eigenvalue weighted by molar-refractivity contribution is 6.14. The molecule has 0 saturated carbocycles. The third kappa shape index (κ3) is 6.17. The lowest BCUT2D eigenvalue weighted by Crippen LogP contribution is -2.33. The van der Waals surface area contributed by atoms with Crippen LogP contribution in [0.4, 0.5) is 10.5 Å². The number of ether oxygens (including phenoxy) is 2. The fourth-order valence-corrected chi connectivity index (χ4v) is 2.81. The van der Waals surface area contributed by atoms with E-state index in [9.17, 15) is 14.4 Å². The van der Waals surface area contributed by atoms with Crippen LogP contribution >= 0.6 is 0 Å². The Bertz CT molecular complexity index is 1050. The number of amides is 2. The van der Waals surface area contributed by atoms with Crippen LogP contribution < -0.4 is 15.4 Å². The normalized spacial score (nSPS) is 10.1. The minimum Gasteiger partial charge on any atom is -0.497 e. The van der Waals surface area contributed by atoms with E-state index in [-0.39, 0.29) is 18.9 Å². The van der Waals surface area contributed by atoms with Crippen molar-refractivity contribution in [2.75, 3.05) is 19.0 Å². The molecule has 0 radical (unpaired) electrons. The monoisotopic (exact) mass is 418 g/mol. The van der Waals surface area contributed by atoms with E-state index < -0.39 is 12.0 Å². The van der Waals surface area contributed by atoms with Crippen molar-refractivity contribution in [1.82, 2.24) is 5.32 Å². The van der Waals surface area contributed by atoms with Gasteiger partial charge in [-0.25, -0.2) is 4.79 Å². The zero-order valence-electron chi connectivity index (χ0n) is 17.0. The first kappa shape index (κ1) is 21.6. The van der Waals surface area contributed by atoms with E-state index in [0.29, 0.717) is 22.6 Å². The molecule has 31 heavy (non-hydrogen) atoms. The fourth-order valence-electron chi connectivity index (χ4n) is 2.81. The van der Waals surface area contributed by atoms with Gasteiger partial charge in [0.2, 0.25) is 5.91 Å².